The van der Waals surface area contributed by atoms with Crippen molar-refractivity contribution in [1.82, 2.24) is 4.98 Å². The number of rotatable bonds is 2. The SMILES string of the molecule is C#CC(C)(C)C.CC12CC(c3ccc(-c4ccccn4)cc3)C3=C4CCC(=O)C=C4CCC3C1CCC2O. The topological polar surface area (TPSA) is 50.2 Å². The Kier molecular flexibility index (Phi) is 7.23. The van der Waals surface area contributed by atoms with E-state index in [0.29, 0.717) is 24.2 Å². The number of ketones is 1. The fourth-order valence-electron chi connectivity index (χ4n) is 7.35. The van der Waals surface area contributed by atoms with Crippen molar-refractivity contribution in [1.29, 1.82) is 0 Å². The third kappa shape index (κ3) is 5.04. The number of aliphatic hydroxyl groups excluding tert-OH is 1. The largest absolute Gasteiger partial charge is 0.393 e. The minimum atomic E-state index is -0.209. The van der Waals surface area contributed by atoms with Gasteiger partial charge in [-0.1, -0.05) is 42.8 Å². The number of carbonyl (C=O) groups is 1. The summed E-state index contributed by atoms with van der Waals surface area (Å²) in [5.41, 5.74) is 7.88. The molecule has 198 valence electrons. The molecule has 1 aromatic heterocycles. The van der Waals surface area contributed by atoms with Crippen LogP contribution in [0.25, 0.3) is 11.3 Å². The van der Waals surface area contributed by atoms with E-state index in [1.807, 2.05) is 51.2 Å². The maximum atomic E-state index is 12.1. The van der Waals surface area contributed by atoms with Crippen LogP contribution < -0.4 is 0 Å². The Morgan fingerprint density at radius 2 is 1.76 bits per heavy atom. The Bertz CT molecular complexity index is 1290. The molecule has 0 spiro atoms. The molecule has 0 saturated heterocycles. The second-order valence-electron chi connectivity index (χ2n) is 12.9. The summed E-state index contributed by atoms with van der Waals surface area (Å²) in [5, 5.41) is 11.0. The summed E-state index contributed by atoms with van der Waals surface area (Å²) in [5.74, 6) is 4.30. The highest BCUT2D eigenvalue weighted by molar-refractivity contribution is 5.93. The fraction of sp³-hybridized carbons (Fsp3) is 0.486. The molecule has 5 atom stereocenters. The second kappa shape index (κ2) is 10.3. The quantitative estimate of drug-likeness (QED) is 0.424. The summed E-state index contributed by atoms with van der Waals surface area (Å²) in [6.45, 7) is 8.36. The van der Waals surface area contributed by atoms with E-state index < -0.39 is 0 Å². The van der Waals surface area contributed by atoms with Crippen LogP contribution in [0.15, 0.2) is 71.5 Å². The number of pyridine rings is 1. The number of hydrogen-bond donors (Lipinski definition) is 1. The first-order valence-electron chi connectivity index (χ1n) is 14.2. The molecule has 0 bridgehead atoms. The standard InChI is InChI=1S/C29H31NO2.C6H10/c1-29-17-24(18-5-7-19(8-6-18)26-4-2-3-15-30-26)28-22-12-10-21(31)16-20(22)9-11-23(28)25(29)13-14-27(29)32;1-5-6(2,3)4/h2-8,15-16,23-25,27,32H,9-14,17H2,1H3;1H,2-4H3. The van der Waals surface area contributed by atoms with Crippen molar-refractivity contribution in [3.05, 3.63) is 77.0 Å². The van der Waals surface area contributed by atoms with E-state index in [0.717, 1.165) is 49.8 Å². The van der Waals surface area contributed by atoms with Gasteiger partial charge in [0.15, 0.2) is 5.78 Å². The van der Waals surface area contributed by atoms with Gasteiger partial charge >= 0.3 is 0 Å². The van der Waals surface area contributed by atoms with Gasteiger partial charge in [0.2, 0.25) is 0 Å². The van der Waals surface area contributed by atoms with Crippen LogP contribution >= 0.6 is 0 Å². The molecule has 2 saturated carbocycles. The van der Waals surface area contributed by atoms with E-state index in [1.165, 1.54) is 16.7 Å². The van der Waals surface area contributed by atoms with Gasteiger partial charge in [0.25, 0.3) is 0 Å². The maximum Gasteiger partial charge on any atom is 0.156 e. The van der Waals surface area contributed by atoms with Crippen LogP contribution in [0.1, 0.15) is 84.1 Å². The average molecular weight is 508 g/mol. The number of hydrogen-bond acceptors (Lipinski definition) is 3. The van der Waals surface area contributed by atoms with Gasteiger partial charge in [-0.05, 0) is 111 Å². The van der Waals surface area contributed by atoms with Crippen LogP contribution in [0.2, 0.25) is 0 Å². The first-order valence-corrected chi connectivity index (χ1v) is 14.2. The first-order chi connectivity index (χ1) is 18.1. The second-order valence-corrected chi connectivity index (χ2v) is 12.9. The molecule has 4 aliphatic carbocycles. The highest BCUT2D eigenvalue weighted by Gasteiger charge is 2.56. The third-order valence-corrected chi connectivity index (χ3v) is 9.39. The van der Waals surface area contributed by atoms with Crippen molar-refractivity contribution >= 4 is 5.78 Å². The molecule has 2 fully saturated rings. The molecular formula is C35H41NO2. The van der Waals surface area contributed by atoms with Crippen molar-refractivity contribution in [2.24, 2.45) is 22.7 Å². The van der Waals surface area contributed by atoms with Crippen LogP contribution in [0, 0.1) is 35.0 Å². The van der Waals surface area contributed by atoms with Crippen LogP contribution in [0.3, 0.4) is 0 Å². The Morgan fingerprint density at radius 3 is 2.42 bits per heavy atom. The van der Waals surface area contributed by atoms with Crippen LogP contribution in [0.5, 0.6) is 0 Å². The molecule has 0 amide bonds. The number of allylic oxidation sites excluding steroid dienone is 4. The molecule has 0 radical (unpaired) electrons. The van der Waals surface area contributed by atoms with E-state index in [4.69, 9.17) is 6.42 Å². The maximum absolute atomic E-state index is 12.1. The highest BCUT2D eigenvalue weighted by atomic mass is 16.3. The molecule has 38 heavy (non-hydrogen) atoms. The lowest BCUT2D eigenvalue weighted by Gasteiger charge is -2.52. The summed E-state index contributed by atoms with van der Waals surface area (Å²) in [6, 6.07) is 15.0. The van der Waals surface area contributed by atoms with Gasteiger partial charge < -0.3 is 5.11 Å². The van der Waals surface area contributed by atoms with Crippen LogP contribution in [0.4, 0.5) is 0 Å². The van der Waals surface area contributed by atoms with Crippen LogP contribution in [-0.4, -0.2) is 22.0 Å². The van der Waals surface area contributed by atoms with E-state index in [2.05, 4.69) is 42.1 Å². The first kappa shape index (κ1) is 26.6. The molecule has 5 unspecified atom stereocenters. The number of terminal acetylenes is 1. The van der Waals surface area contributed by atoms with Gasteiger partial charge in [-0.2, -0.15) is 0 Å². The van der Waals surface area contributed by atoms with E-state index >= 15 is 0 Å². The normalized spacial score (nSPS) is 30.2. The minimum absolute atomic E-state index is 0.0231. The van der Waals surface area contributed by atoms with Gasteiger partial charge in [-0.25, -0.2) is 0 Å². The molecule has 2 aromatic rings. The van der Waals surface area contributed by atoms with Gasteiger partial charge in [-0.3, -0.25) is 9.78 Å². The lowest BCUT2D eigenvalue weighted by molar-refractivity contribution is -0.114. The molecule has 3 nitrogen and oxygen atoms in total. The van der Waals surface area contributed by atoms with Crippen LogP contribution in [-0.2, 0) is 4.79 Å². The Hall–Kier alpha value is -2.96. The van der Waals surface area contributed by atoms with E-state index in [9.17, 15) is 9.90 Å². The predicted octanol–water partition coefficient (Wildman–Crippen LogP) is 7.67. The third-order valence-electron chi connectivity index (χ3n) is 9.39. The molecular weight excluding hydrogens is 466 g/mol. The van der Waals surface area contributed by atoms with E-state index in [1.54, 1.807) is 5.57 Å². The van der Waals surface area contributed by atoms with Gasteiger partial charge in [0, 0.05) is 29.5 Å². The highest BCUT2D eigenvalue weighted by Crippen LogP contribution is 2.63. The summed E-state index contributed by atoms with van der Waals surface area (Å²) >= 11 is 0. The van der Waals surface area contributed by atoms with Gasteiger partial charge in [-0.15, -0.1) is 12.3 Å². The number of aromatic nitrogens is 1. The number of fused-ring (bicyclic) bond motifs is 4. The fourth-order valence-corrected chi connectivity index (χ4v) is 7.35. The number of benzene rings is 1. The molecule has 3 heteroatoms. The van der Waals surface area contributed by atoms with Gasteiger partial charge in [0.1, 0.15) is 0 Å². The summed E-state index contributed by atoms with van der Waals surface area (Å²) in [4.78, 5) is 16.6. The van der Waals surface area contributed by atoms with Crippen molar-refractivity contribution in [3.8, 4) is 23.6 Å². The summed E-state index contributed by atoms with van der Waals surface area (Å²) < 4.78 is 0. The summed E-state index contributed by atoms with van der Waals surface area (Å²) in [7, 11) is 0. The number of nitrogens with zero attached hydrogens (tertiary/aromatic N) is 1. The van der Waals surface area contributed by atoms with Gasteiger partial charge in [0.05, 0.1) is 11.8 Å². The molecule has 1 heterocycles. The molecule has 4 aliphatic rings. The molecule has 1 aromatic carbocycles. The van der Waals surface area contributed by atoms with Crippen molar-refractivity contribution in [2.75, 3.05) is 0 Å². The Labute approximate surface area is 228 Å². The van der Waals surface area contributed by atoms with Crippen molar-refractivity contribution in [2.45, 2.75) is 84.7 Å². The monoisotopic (exact) mass is 507 g/mol. The lowest BCUT2D eigenvalue weighted by Crippen LogP contribution is -2.45. The molecule has 1 N–H and O–H groups in total. The zero-order chi connectivity index (χ0) is 27.1. The Balaban J connectivity index is 0.000000443. The average Bonchev–Trinajstić information content (AvgIpc) is 3.22. The zero-order valence-electron chi connectivity index (χ0n) is 23.3. The summed E-state index contributed by atoms with van der Waals surface area (Å²) in [6.07, 6.45) is 15.3. The van der Waals surface area contributed by atoms with Crippen molar-refractivity contribution in [3.63, 3.8) is 0 Å². The lowest BCUT2D eigenvalue weighted by atomic mass is 9.53. The molecule has 0 aliphatic heterocycles. The number of carbonyl (C=O) groups excluding carboxylic acids is 1. The smallest absolute Gasteiger partial charge is 0.156 e. The van der Waals surface area contributed by atoms with E-state index in [-0.39, 0.29) is 22.7 Å². The predicted molar refractivity (Wildman–Crippen MR) is 154 cm³/mol. The van der Waals surface area contributed by atoms with Crippen molar-refractivity contribution < 1.29 is 9.90 Å². The number of aliphatic hydroxyl groups is 1. The zero-order valence-corrected chi connectivity index (χ0v) is 23.3. The Morgan fingerprint density at radius 1 is 1.03 bits per heavy atom. The molecule has 6 rings (SSSR count). The minimum Gasteiger partial charge on any atom is -0.393 e.